The Hall–Kier alpha value is -1.19. The van der Waals surface area contributed by atoms with Crippen LogP contribution >= 0.6 is 11.3 Å². The summed E-state index contributed by atoms with van der Waals surface area (Å²) in [5, 5.41) is 6.20. The van der Waals surface area contributed by atoms with Gasteiger partial charge in [-0.05, 0) is 36.9 Å². The van der Waals surface area contributed by atoms with E-state index in [0.717, 1.165) is 5.56 Å². The molecule has 2 nitrogen and oxygen atoms in total. The van der Waals surface area contributed by atoms with Crippen molar-refractivity contribution < 1.29 is 4.79 Å². The summed E-state index contributed by atoms with van der Waals surface area (Å²) in [5.41, 5.74) is 0.784. The minimum absolute atomic E-state index is 0.123. The molecule has 0 aliphatic rings. The Balaban J connectivity index is 2.39. The monoisotopic (exact) mass is 219 g/mol. The van der Waals surface area contributed by atoms with Crippen molar-refractivity contribution in [2.75, 3.05) is 7.05 Å². The van der Waals surface area contributed by atoms with Crippen LogP contribution in [0.5, 0.6) is 0 Å². The zero-order valence-electron chi connectivity index (χ0n) is 8.78. The lowest BCUT2D eigenvalue weighted by Crippen LogP contribution is -2.30. The predicted octanol–water partition coefficient (Wildman–Crippen LogP) is 2.69. The molecule has 0 spiro atoms. The third kappa shape index (κ3) is 1.94. The zero-order chi connectivity index (χ0) is 10.8. The van der Waals surface area contributed by atoms with Crippen molar-refractivity contribution in [3.63, 3.8) is 0 Å². The van der Waals surface area contributed by atoms with Gasteiger partial charge in [0.2, 0.25) is 0 Å². The zero-order valence-corrected chi connectivity index (χ0v) is 9.60. The van der Waals surface area contributed by atoms with Crippen LogP contribution in [0.4, 0.5) is 0 Å². The molecule has 2 aromatic rings. The molecular weight excluding hydrogens is 206 g/mol. The highest BCUT2D eigenvalue weighted by molar-refractivity contribution is 7.17. The van der Waals surface area contributed by atoms with E-state index >= 15 is 0 Å². The third-order valence-corrected chi connectivity index (χ3v) is 3.45. The van der Waals surface area contributed by atoms with Crippen LogP contribution in [-0.2, 0) is 0 Å². The normalized spacial score (nSPS) is 12.9. The maximum Gasteiger partial charge on any atom is 0.179 e. The number of Topliss-reactive ketones (excluding diaryl/α,β-unsaturated/α-hetero) is 1. The number of hydrogen-bond acceptors (Lipinski definition) is 3. The molecule has 1 heterocycles. The Bertz CT molecular complexity index is 489. The standard InChI is InChI=1S/C12H13NOS/c1-8(13-2)12(14)10-4-3-9-5-6-15-11(9)7-10/h3-8,13H,1-2H3/t8-/m0/s1. The van der Waals surface area contributed by atoms with Gasteiger partial charge in [-0.15, -0.1) is 11.3 Å². The summed E-state index contributed by atoms with van der Waals surface area (Å²) in [5.74, 6) is 0.146. The summed E-state index contributed by atoms with van der Waals surface area (Å²) in [6, 6.07) is 7.81. The fourth-order valence-electron chi connectivity index (χ4n) is 1.49. The third-order valence-electron chi connectivity index (χ3n) is 2.57. The van der Waals surface area contributed by atoms with Crippen molar-refractivity contribution in [1.82, 2.24) is 5.32 Å². The molecule has 0 aliphatic carbocycles. The summed E-state index contributed by atoms with van der Waals surface area (Å²) in [7, 11) is 1.80. The molecule has 0 saturated carbocycles. The fourth-order valence-corrected chi connectivity index (χ4v) is 2.32. The van der Waals surface area contributed by atoms with E-state index in [9.17, 15) is 4.79 Å². The molecule has 0 radical (unpaired) electrons. The number of carbonyl (C=O) groups excluding carboxylic acids is 1. The van der Waals surface area contributed by atoms with Crippen molar-refractivity contribution >= 4 is 27.2 Å². The molecule has 0 saturated heterocycles. The number of hydrogen-bond donors (Lipinski definition) is 1. The summed E-state index contributed by atoms with van der Waals surface area (Å²) in [6.07, 6.45) is 0. The first-order chi connectivity index (χ1) is 7.22. The molecular formula is C12H13NOS. The molecule has 15 heavy (non-hydrogen) atoms. The molecule has 1 N–H and O–H groups in total. The first kappa shape index (κ1) is 10.3. The van der Waals surface area contributed by atoms with Gasteiger partial charge in [-0.1, -0.05) is 12.1 Å². The average Bonchev–Trinajstić information content (AvgIpc) is 2.73. The van der Waals surface area contributed by atoms with E-state index in [0.29, 0.717) is 0 Å². The molecule has 0 bridgehead atoms. The summed E-state index contributed by atoms with van der Waals surface area (Å²) < 4.78 is 1.17. The van der Waals surface area contributed by atoms with E-state index in [1.54, 1.807) is 18.4 Å². The van der Waals surface area contributed by atoms with Crippen LogP contribution < -0.4 is 5.32 Å². The Morgan fingerprint density at radius 3 is 2.93 bits per heavy atom. The van der Waals surface area contributed by atoms with E-state index in [1.165, 1.54) is 10.1 Å². The van der Waals surface area contributed by atoms with Crippen LogP contribution in [0.1, 0.15) is 17.3 Å². The van der Waals surface area contributed by atoms with Crippen molar-refractivity contribution in [3.05, 3.63) is 35.2 Å². The Morgan fingerprint density at radius 1 is 1.40 bits per heavy atom. The van der Waals surface area contributed by atoms with Crippen LogP contribution in [-0.4, -0.2) is 18.9 Å². The summed E-state index contributed by atoms with van der Waals surface area (Å²) in [4.78, 5) is 11.9. The fraction of sp³-hybridized carbons (Fsp3) is 0.250. The average molecular weight is 219 g/mol. The van der Waals surface area contributed by atoms with Gasteiger partial charge in [0.15, 0.2) is 5.78 Å². The van der Waals surface area contributed by atoms with Gasteiger partial charge in [-0.3, -0.25) is 4.79 Å². The SMILES string of the molecule is CN[C@@H](C)C(=O)c1ccc2ccsc2c1. The molecule has 0 amide bonds. The van der Waals surface area contributed by atoms with E-state index in [4.69, 9.17) is 0 Å². The van der Waals surface area contributed by atoms with E-state index in [2.05, 4.69) is 11.4 Å². The van der Waals surface area contributed by atoms with Gasteiger partial charge in [-0.2, -0.15) is 0 Å². The smallest absolute Gasteiger partial charge is 0.179 e. The first-order valence-electron chi connectivity index (χ1n) is 4.91. The predicted molar refractivity (Wildman–Crippen MR) is 64.7 cm³/mol. The quantitative estimate of drug-likeness (QED) is 0.804. The van der Waals surface area contributed by atoms with E-state index in [-0.39, 0.29) is 11.8 Å². The van der Waals surface area contributed by atoms with E-state index < -0.39 is 0 Å². The van der Waals surface area contributed by atoms with Crippen LogP contribution in [0.2, 0.25) is 0 Å². The number of likely N-dealkylation sites (N-methyl/N-ethyl adjacent to an activating group) is 1. The number of thiophene rings is 1. The molecule has 1 aromatic carbocycles. The molecule has 0 aliphatic heterocycles. The maximum atomic E-state index is 11.9. The number of benzene rings is 1. The Morgan fingerprint density at radius 2 is 2.20 bits per heavy atom. The van der Waals surface area contributed by atoms with Crippen LogP contribution in [0.15, 0.2) is 29.6 Å². The van der Waals surface area contributed by atoms with Crippen LogP contribution in [0, 0.1) is 0 Å². The molecule has 0 unspecified atom stereocenters. The van der Waals surface area contributed by atoms with E-state index in [1.807, 2.05) is 30.5 Å². The highest BCUT2D eigenvalue weighted by Crippen LogP contribution is 2.22. The number of fused-ring (bicyclic) bond motifs is 1. The van der Waals surface area contributed by atoms with Gasteiger partial charge in [0.25, 0.3) is 0 Å². The second-order valence-electron chi connectivity index (χ2n) is 3.55. The van der Waals surface area contributed by atoms with Gasteiger partial charge in [0.05, 0.1) is 6.04 Å². The topological polar surface area (TPSA) is 29.1 Å². The number of carbonyl (C=O) groups is 1. The number of rotatable bonds is 3. The highest BCUT2D eigenvalue weighted by atomic mass is 32.1. The maximum absolute atomic E-state index is 11.9. The molecule has 3 heteroatoms. The van der Waals surface area contributed by atoms with Crippen molar-refractivity contribution in [1.29, 1.82) is 0 Å². The van der Waals surface area contributed by atoms with Gasteiger partial charge < -0.3 is 5.32 Å². The van der Waals surface area contributed by atoms with Gasteiger partial charge in [0.1, 0.15) is 0 Å². The van der Waals surface area contributed by atoms with Crippen LogP contribution in [0.25, 0.3) is 10.1 Å². The van der Waals surface area contributed by atoms with Gasteiger partial charge >= 0.3 is 0 Å². The largest absolute Gasteiger partial charge is 0.310 e. The molecule has 0 fully saturated rings. The Labute approximate surface area is 92.9 Å². The minimum atomic E-state index is -0.123. The number of nitrogens with one attached hydrogen (secondary N) is 1. The second kappa shape index (κ2) is 4.13. The van der Waals surface area contributed by atoms with Gasteiger partial charge in [0, 0.05) is 10.3 Å². The molecule has 1 atom stereocenters. The van der Waals surface area contributed by atoms with Crippen LogP contribution in [0.3, 0.4) is 0 Å². The molecule has 1 aromatic heterocycles. The van der Waals surface area contributed by atoms with Crippen molar-refractivity contribution in [2.24, 2.45) is 0 Å². The number of ketones is 1. The summed E-state index contributed by atoms with van der Waals surface area (Å²) in [6.45, 7) is 1.88. The first-order valence-corrected chi connectivity index (χ1v) is 5.79. The van der Waals surface area contributed by atoms with Gasteiger partial charge in [-0.25, -0.2) is 0 Å². The lowest BCUT2D eigenvalue weighted by Gasteiger charge is -2.08. The molecule has 2 rings (SSSR count). The highest BCUT2D eigenvalue weighted by Gasteiger charge is 2.13. The van der Waals surface area contributed by atoms with Crippen molar-refractivity contribution in [2.45, 2.75) is 13.0 Å². The summed E-state index contributed by atoms with van der Waals surface area (Å²) >= 11 is 1.67. The molecule has 78 valence electrons. The lowest BCUT2D eigenvalue weighted by molar-refractivity contribution is 0.0955. The lowest BCUT2D eigenvalue weighted by atomic mass is 10.0. The van der Waals surface area contributed by atoms with Crippen molar-refractivity contribution in [3.8, 4) is 0 Å². The minimum Gasteiger partial charge on any atom is -0.310 e. The second-order valence-corrected chi connectivity index (χ2v) is 4.50. The Kier molecular flexibility index (Phi) is 2.84.